The predicted molar refractivity (Wildman–Crippen MR) is 58.0 cm³/mol. The first-order chi connectivity index (χ1) is 6.22. The maximum atomic E-state index is 6.06. The third-order valence-electron chi connectivity index (χ3n) is 2.48. The number of benzene rings is 1. The molecular weight excluding hydrogens is 226 g/mol. The van der Waals surface area contributed by atoms with Gasteiger partial charge in [0.05, 0.1) is 0 Å². The summed E-state index contributed by atoms with van der Waals surface area (Å²) in [5.74, 6) is 1.89. The molecule has 2 rings (SSSR count). The van der Waals surface area contributed by atoms with Crippen LogP contribution in [-0.2, 0) is 0 Å². The van der Waals surface area contributed by atoms with Crippen molar-refractivity contribution in [1.29, 1.82) is 0 Å². The van der Waals surface area contributed by atoms with E-state index in [9.17, 15) is 0 Å². The molecule has 1 aromatic carbocycles. The summed E-state index contributed by atoms with van der Waals surface area (Å²) in [5, 5.41) is 1.46. The van der Waals surface area contributed by atoms with Crippen molar-refractivity contribution in [2.24, 2.45) is 5.92 Å². The normalized spacial score (nSPS) is 26.1. The van der Waals surface area contributed by atoms with Crippen LogP contribution in [0.25, 0.3) is 0 Å². The third kappa shape index (κ3) is 1.96. The van der Waals surface area contributed by atoms with Crippen molar-refractivity contribution in [3.63, 3.8) is 0 Å². The maximum Gasteiger partial charge on any atom is 0.0455 e. The van der Waals surface area contributed by atoms with E-state index in [1.165, 1.54) is 5.56 Å². The Kier molecular flexibility index (Phi) is 2.73. The molecule has 1 aliphatic rings. The Hall–Kier alpha value is 0.0900. The molecule has 0 amide bonds. The molecule has 0 N–H and O–H groups in total. The fourth-order valence-electron chi connectivity index (χ4n) is 1.60. The summed E-state index contributed by atoms with van der Waals surface area (Å²) < 4.78 is 0. The average molecular weight is 236 g/mol. The minimum atomic E-state index is 0.558. The molecular formula is C10H9Cl3. The first-order valence-corrected chi connectivity index (χ1v) is 5.52. The fraction of sp³-hybridized carbons (Fsp3) is 0.400. The highest BCUT2D eigenvalue weighted by atomic mass is 35.5. The van der Waals surface area contributed by atoms with Crippen LogP contribution in [0.5, 0.6) is 0 Å². The summed E-state index contributed by atoms with van der Waals surface area (Å²) in [6.45, 7) is 0. The number of hydrogen-bond donors (Lipinski definition) is 0. The summed E-state index contributed by atoms with van der Waals surface area (Å²) >= 11 is 17.6. The van der Waals surface area contributed by atoms with E-state index in [0.717, 1.165) is 17.3 Å². The molecule has 1 aliphatic carbocycles. The van der Waals surface area contributed by atoms with Gasteiger partial charge in [0, 0.05) is 15.9 Å². The highest BCUT2D eigenvalue weighted by molar-refractivity contribution is 6.35. The van der Waals surface area contributed by atoms with E-state index in [1.54, 1.807) is 6.07 Å². The van der Waals surface area contributed by atoms with Gasteiger partial charge in [0.25, 0.3) is 0 Å². The smallest absolute Gasteiger partial charge is 0.0455 e. The molecule has 0 aliphatic heterocycles. The van der Waals surface area contributed by atoms with Crippen molar-refractivity contribution in [1.82, 2.24) is 0 Å². The quantitative estimate of drug-likeness (QED) is 0.669. The molecule has 0 heterocycles. The molecule has 2 atom stereocenters. The van der Waals surface area contributed by atoms with Crippen molar-refractivity contribution in [2.75, 3.05) is 5.88 Å². The second kappa shape index (κ2) is 3.68. The lowest BCUT2D eigenvalue weighted by Gasteiger charge is -2.02. The van der Waals surface area contributed by atoms with Gasteiger partial charge in [-0.2, -0.15) is 0 Å². The zero-order valence-corrected chi connectivity index (χ0v) is 9.20. The molecule has 3 heteroatoms. The largest absolute Gasteiger partial charge is 0.126 e. The topological polar surface area (TPSA) is 0 Å². The Morgan fingerprint density at radius 2 is 2.08 bits per heavy atom. The van der Waals surface area contributed by atoms with E-state index < -0.39 is 0 Å². The van der Waals surface area contributed by atoms with Crippen LogP contribution in [0.3, 0.4) is 0 Å². The van der Waals surface area contributed by atoms with Crippen LogP contribution in [0.15, 0.2) is 18.2 Å². The van der Waals surface area contributed by atoms with Gasteiger partial charge in [-0.05, 0) is 36.0 Å². The number of alkyl halides is 1. The molecule has 0 saturated heterocycles. The summed E-state index contributed by atoms with van der Waals surface area (Å²) in [6, 6.07) is 5.68. The van der Waals surface area contributed by atoms with Crippen molar-refractivity contribution in [2.45, 2.75) is 12.3 Å². The number of hydrogen-bond acceptors (Lipinski definition) is 0. The molecule has 2 unspecified atom stereocenters. The first-order valence-electron chi connectivity index (χ1n) is 4.23. The van der Waals surface area contributed by atoms with Crippen molar-refractivity contribution >= 4 is 34.8 Å². The van der Waals surface area contributed by atoms with Gasteiger partial charge in [-0.25, -0.2) is 0 Å². The molecule has 0 bridgehead atoms. The van der Waals surface area contributed by atoms with Crippen LogP contribution in [0.2, 0.25) is 10.0 Å². The second-order valence-electron chi connectivity index (χ2n) is 3.42. The van der Waals surface area contributed by atoms with E-state index in [0.29, 0.717) is 16.9 Å². The summed E-state index contributed by atoms with van der Waals surface area (Å²) in [7, 11) is 0. The Balaban J connectivity index is 2.22. The van der Waals surface area contributed by atoms with Gasteiger partial charge in [-0.1, -0.05) is 29.3 Å². The molecule has 0 nitrogen and oxygen atoms in total. The van der Waals surface area contributed by atoms with Gasteiger partial charge < -0.3 is 0 Å². The van der Waals surface area contributed by atoms with Crippen LogP contribution >= 0.6 is 34.8 Å². The summed E-state index contributed by atoms with van der Waals surface area (Å²) in [5.41, 5.74) is 1.19. The lowest BCUT2D eigenvalue weighted by atomic mass is 10.1. The maximum absolute atomic E-state index is 6.06. The van der Waals surface area contributed by atoms with Crippen molar-refractivity contribution < 1.29 is 0 Å². The average Bonchev–Trinajstić information content (AvgIpc) is 2.83. The van der Waals surface area contributed by atoms with Crippen molar-refractivity contribution in [3.8, 4) is 0 Å². The van der Waals surface area contributed by atoms with Crippen LogP contribution in [-0.4, -0.2) is 5.88 Å². The summed E-state index contributed by atoms with van der Waals surface area (Å²) in [4.78, 5) is 0. The van der Waals surface area contributed by atoms with Gasteiger partial charge >= 0.3 is 0 Å². The van der Waals surface area contributed by atoms with Gasteiger partial charge in [0.15, 0.2) is 0 Å². The first kappa shape index (κ1) is 9.64. The number of halogens is 3. The second-order valence-corrected chi connectivity index (χ2v) is 4.57. The molecule has 13 heavy (non-hydrogen) atoms. The molecule has 1 saturated carbocycles. The molecule has 0 spiro atoms. The summed E-state index contributed by atoms with van der Waals surface area (Å²) in [6.07, 6.45) is 1.16. The Morgan fingerprint density at radius 1 is 1.31 bits per heavy atom. The van der Waals surface area contributed by atoms with Gasteiger partial charge in [0.2, 0.25) is 0 Å². The number of rotatable bonds is 2. The molecule has 1 aromatic rings. The molecule has 0 aromatic heterocycles. The highest BCUT2D eigenvalue weighted by Gasteiger charge is 2.38. The van der Waals surface area contributed by atoms with Gasteiger partial charge in [0.1, 0.15) is 0 Å². The molecule has 1 fully saturated rings. The van der Waals surface area contributed by atoms with Gasteiger partial charge in [-0.15, -0.1) is 11.6 Å². The minimum Gasteiger partial charge on any atom is -0.126 e. The van der Waals surface area contributed by atoms with E-state index in [1.807, 2.05) is 12.1 Å². The Labute approximate surface area is 92.8 Å². The van der Waals surface area contributed by atoms with Crippen LogP contribution < -0.4 is 0 Å². The minimum absolute atomic E-state index is 0.558. The lowest BCUT2D eigenvalue weighted by Crippen LogP contribution is -1.85. The van der Waals surface area contributed by atoms with Crippen LogP contribution in [0, 0.1) is 5.92 Å². The Morgan fingerprint density at radius 3 is 2.62 bits per heavy atom. The van der Waals surface area contributed by atoms with E-state index in [4.69, 9.17) is 34.8 Å². The standard InChI is InChI=1S/C10H9Cl3/c11-5-6-3-9(6)8-2-1-7(12)4-10(8)13/h1-2,4,6,9H,3,5H2. The van der Waals surface area contributed by atoms with E-state index >= 15 is 0 Å². The van der Waals surface area contributed by atoms with Crippen LogP contribution in [0.1, 0.15) is 17.9 Å². The Bertz CT molecular complexity index is 322. The highest BCUT2D eigenvalue weighted by Crippen LogP contribution is 2.50. The lowest BCUT2D eigenvalue weighted by molar-refractivity contribution is 0.923. The van der Waals surface area contributed by atoms with E-state index in [2.05, 4.69) is 0 Å². The molecule has 0 radical (unpaired) electrons. The fourth-order valence-corrected chi connectivity index (χ4v) is 2.49. The van der Waals surface area contributed by atoms with E-state index in [-0.39, 0.29) is 0 Å². The zero-order valence-electron chi connectivity index (χ0n) is 6.93. The monoisotopic (exact) mass is 234 g/mol. The van der Waals surface area contributed by atoms with Gasteiger partial charge in [-0.3, -0.25) is 0 Å². The zero-order chi connectivity index (χ0) is 9.42. The van der Waals surface area contributed by atoms with Crippen molar-refractivity contribution in [3.05, 3.63) is 33.8 Å². The SMILES string of the molecule is ClCC1CC1c1ccc(Cl)cc1Cl. The predicted octanol–water partition coefficient (Wildman–Crippen LogP) is 4.34. The van der Waals surface area contributed by atoms with Crippen LogP contribution in [0.4, 0.5) is 0 Å². The third-order valence-corrected chi connectivity index (χ3v) is 3.44. The molecule has 70 valence electrons.